The molecule has 0 saturated carbocycles. The molecule has 5 heteroatoms. The van der Waals surface area contributed by atoms with Gasteiger partial charge in [0, 0.05) is 12.3 Å². The summed E-state index contributed by atoms with van der Waals surface area (Å²) in [5, 5.41) is 3.01. The van der Waals surface area contributed by atoms with E-state index in [4.69, 9.17) is 15.2 Å². The lowest BCUT2D eigenvalue weighted by Crippen LogP contribution is -2.23. The average Bonchev–Trinajstić information content (AvgIpc) is 2.46. The summed E-state index contributed by atoms with van der Waals surface area (Å²) in [5.41, 5.74) is 6.69. The monoisotopic (exact) mass is 279 g/mol. The number of aliphatic imine (C=N–C) groups is 1. The van der Waals surface area contributed by atoms with E-state index in [9.17, 15) is 0 Å². The minimum Gasteiger partial charge on any atom is -0.379 e. The van der Waals surface area contributed by atoms with Crippen LogP contribution in [0.5, 0.6) is 0 Å². The highest BCUT2D eigenvalue weighted by atomic mass is 16.5. The summed E-state index contributed by atoms with van der Waals surface area (Å²) in [6, 6.07) is 9.71. The molecule has 0 bridgehead atoms. The zero-order valence-electron chi connectivity index (χ0n) is 12.2. The Hall–Kier alpha value is -1.59. The van der Waals surface area contributed by atoms with Crippen LogP contribution in [0, 0.1) is 0 Å². The van der Waals surface area contributed by atoms with E-state index < -0.39 is 0 Å². The Morgan fingerprint density at radius 3 is 2.50 bits per heavy atom. The SMILES string of the molecule is CCCCOCCOCCN=C(N)Nc1ccccc1. The number of nitrogens with two attached hydrogens (primary N) is 1. The van der Waals surface area contributed by atoms with Gasteiger partial charge in [0.1, 0.15) is 0 Å². The normalized spacial score (nSPS) is 11.6. The lowest BCUT2D eigenvalue weighted by Gasteiger charge is -2.06. The Morgan fingerprint density at radius 1 is 1.10 bits per heavy atom. The van der Waals surface area contributed by atoms with Gasteiger partial charge in [-0.1, -0.05) is 31.5 Å². The Balaban J connectivity index is 2.00. The molecule has 0 aromatic heterocycles. The van der Waals surface area contributed by atoms with Crippen molar-refractivity contribution in [1.82, 2.24) is 0 Å². The molecule has 0 heterocycles. The highest BCUT2D eigenvalue weighted by molar-refractivity contribution is 5.92. The van der Waals surface area contributed by atoms with Gasteiger partial charge in [0.15, 0.2) is 5.96 Å². The first-order chi connectivity index (χ1) is 9.83. The molecule has 20 heavy (non-hydrogen) atoms. The first-order valence-electron chi connectivity index (χ1n) is 7.10. The Labute approximate surface area is 121 Å². The van der Waals surface area contributed by atoms with Crippen LogP contribution in [0.25, 0.3) is 0 Å². The van der Waals surface area contributed by atoms with E-state index in [2.05, 4.69) is 17.2 Å². The van der Waals surface area contributed by atoms with Crippen LogP contribution in [-0.4, -0.2) is 38.9 Å². The summed E-state index contributed by atoms with van der Waals surface area (Å²) in [7, 11) is 0. The maximum absolute atomic E-state index is 5.76. The number of para-hydroxylation sites is 1. The minimum absolute atomic E-state index is 0.402. The van der Waals surface area contributed by atoms with Crippen LogP contribution in [0.1, 0.15) is 19.8 Å². The third-order valence-corrected chi connectivity index (χ3v) is 2.58. The Kier molecular flexibility index (Phi) is 9.26. The van der Waals surface area contributed by atoms with Crippen molar-refractivity contribution in [3.63, 3.8) is 0 Å². The fourth-order valence-electron chi connectivity index (χ4n) is 1.51. The molecule has 1 rings (SSSR count). The van der Waals surface area contributed by atoms with Gasteiger partial charge in [0.05, 0.1) is 26.4 Å². The number of nitrogens with one attached hydrogen (secondary N) is 1. The van der Waals surface area contributed by atoms with Gasteiger partial charge < -0.3 is 20.5 Å². The topological polar surface area (TPSA) is 68.9 Å². The smallest absolute Gasteiger partial charge is 0.193 e. The molecule has 5 nitrogen and oxygen atoms in total. The van der Waals surface area contributed by atoms with Crippen molar-refractivity contribution in [3.8, 4) is 0 Å². The van der Waals surface area contributed by atoms with Crippen molar-refractivity contribution in [3.05, 3.63) is 30.3 Å². The van der Waals surface area contributed by atoms with E-state index in [0.717, 1.165) is 25.1 Å². The molecule has 0 atom stereocenters. The highest BCUT2D eigenvalue weighted by Gasteiger charge is 1.93. The van der Waals surface area contributed by atoms with Crippen molar-refractivity contribution < 1.29 is 9.47 Å². The van der Waals surface area contributed by atoms with E-state index in [1.165, 1.54) is 0 Å². The molecule has 0 aliphatic rings. The van der Waals surface area contributed by atoms with Gasteiger partial charge in [-0.3, -0.25) is 4.99 Å². The maximum atomic E-state index is 5.76. The molecule has 0 aliphatic carbocycles. The van der Waals surface area contributed by atoms with Gasteiger partial charge >= 0.3 is 0 Å². The fraction of sp³-hybridized carbons (Fsp3) is 0.533. The third kappa shape index (κ3) is 8.50. The molecule has 0 saturated heterocycles. The van der Waals surface area contributed by atoms with E-state index in [-0.39, 0.29) is 0 Å². The summed E-state index contributed by atoms with van der Waals surface area (Å²) >= 11 is 0. The van der Waals surface area contributed by atoms with Crippen molar-refractivity contribution >= 4 is 11.6 Å². The molecular weight excluding hydrogens is 254 g/mol. The first-order valence-corrected chi connectivity index (χ1v) is 7.10. The summed E-state index contributed by atoms with van der Waals surface area (Å²) in [6.07, 6.45) is 2.26. The number of anilines is 1. The van der Waals surface area contributed by atoms with Crippen LogP contribution in [0.3, 0.4) is 0 Å². The molecular formula is C15H25N3O2. The third-order valence-electron chi connectivity index (χ3n) is 2.58. The van der Waals surface area contributed by atoms with Gasteiger partial charge in [0.2, 0.25) is 0 Å². The van der Waals surface area contributed by atoms with Gasteiger partial charge in [-0.15, -0.1) is 0 Å². The number of hydrogen-bond donors (Lipinski definition) is 2. The number of rotatable bonds is 10. The number of benzene rings is 1. The van der Waals surface area contributed by atoms with Gasteiger partial charge in [-0.05, 0) is 18.6 Å². The number of hydrogen-bond acceptors (Lipinski definition) is 3. The van der Waals surface area contributed by atoms with E-state index >= 15 is 0 Å². The van der Waals surface area contributed by atoms with E-state index in [1.807, 2.05) is 30.3 Å². The second-order valence-electron chi connectivity index (χ2n) is 4.34. The lowest BCUT2D eigenvalue weighted by molar-refractivity contribution is 0.0498. The van der Waals surface area contributed by atoms with Crippen molar-refractivity contribution in [2.24, 2.45) is 10.7 Å². The van der Waals surface area contributed by atoms with Gasteiger partial charge in [-0.25, -0.2) is 0 Å². The molecule has 0 unspecified atom stereocenters. The van der Waals surface area contributed by atoms with Crippen LogP contribution in [0.4, 0.5) is 5.69 Å². The number of nitrogens with zero attached hydrogens (tertiary/aromatic N) is 1. The number of guanidine groups is 1. The zero-order valence-corrected chi connectivity index (χ0v) is 12.2. The molecule has 0 aliphatic heterocycles. The predicted molar refractivity (Wildman–Crippen MR) is 83.1 cm³/mol. The number of ether oxygens (including phenoxy) is 2. The lowest BCUT2D eigenvalue weighted by atomic mass is 10.3. The maximum Gasteiger partial charge on any atom is 0.193 e. The van der Waals surface area contributed by atoms with Crippen LogP contribution in [0.15, 0.2) is 35.3 Å². The quantitative estimate of drug-likeness (QED) is 0.391. The minimum atomic E-state index is 0.402. The largest absolute Gasteiger partial charge is 0.379 e. The summed E-state index contributed by atoms with van der Waals surface area (Å²) in [4.78, 5) is 4.18. The molecule has 1 aromatic rings. The van der Waals surface area contributed by atoms with Crippen LogP contribution in [-0.2, 0) is 9.47 Å². The van der Waals surface area contributed by atoms with Crippen molar-refractivity contribution in [2.45, 2.75) is 19.8 Å². The van der Waals surface area contributed by atoms with Gasteiger partial charge in [-0.2, -0.15) is 0 Å². The summed E-state index contributed by atoms with van der Waals surface area (Å²) in [6.45, 7) is 5.29. The zero-order chi connectivity index (χ0) is 14.5. The van der Waals surface area contributed by atoms with Crippen LogP contribution < -0.4 is 11.1 Å². The van der Waals surface area contributed by atoms with Gasteiger partial charge in [0.25, 0.3) is 0 Å². The molecule has 3 N–H and O–H groups in total. The number of unbranched alkanes of at least 4 members (excludes halogenated alkanes) is 1. The molecule has 0 fully saturated rings. The van der Waals surface area contributed by atoms with E-state index in [0.29, 0.717) is 32.3 Å². The average molecular weight is 279 g/mol. The van der Waals surface area contributed by atoms with Crippen molar-refractivity contribution in [1.29, 1.82) is 0 Å². The second kappa shape index (κ2) is 11.3. The van der Waals surface area contributed by atoms with Crippen LogP contribution >= 0.6 is 0 Å². The fourth-order valence-corrected chi connectivity index (χ4v) is 1.51. The molecule has 0 spiro atoms. The van der Waals surface area contributed by atoms with E-state index in [1.54, 1.807) is 0 Å². The highest BCUT2D eigenvalue weighted by Crippen LogP contribution is 2.03. The van der Waals surface area contributed by atoms with Crippen molar-refractivity contribution in [2.75, 3.05) is 38.3 Å². The standard InChI is InChI=1S/C15H25N3O2/c1-2-3-10-19-12-13-20-11-9-17-15(16)18-14-7-5-4-6-8-14/h4-8H,2-3,9-13H2,1H3,(H3,16,17,18). The van der Waals surface area contributed by atoms with Crippen LogP contribution in [0.2, 0.25) is 0 Å². The predicted octanol–water partition coefficient (Wildman–Crippen LogP) is 2.25. The molecule has 0 amide bonds. The summed E-state index contributed by atoms with van der Waals surface area (Å²) < 4.78 is 10.8. The summed E-state index contributed by atoms with van der Waals surface area (Å²) in [5.74, 6) is 0.402. The molecule has 0 radical (unpaired) electrons. The Bertz CT molecular complexity index is 369. The molecule has 1 aromatic carbocycles. The first kappa shape index (κ1) is 16.5. The molecule has 112 valence electrons. The second-order valence-corrected chi connectivity index (χ2v) is 4.34. The Morgan fingerprint density at radius 2 is 1.80 bits per heavy atom.